The minimum absolute atomic E-state index is 0.0701. The number of allylic oxidation sites excluding steroid dienone is 1. The van der Waals surface area contributed by atoms with E-state index in [0.717, 1.165) is 129 Å². The zero-order valence-electron chi connectivity index (χ0n) is 61.9. The fraction of sp³-hybridized carbons (Fsp3) is 0.500. The molecule has 0 bridgehead atoms. The molecule has 0 radical (unpaired) electrons. The van der Waals surface area contributed by atoms with E-state index in [1.54, 1.807) is 30.0 Å². The number of nitrogens with zero attached hydrogens (tertiary/aromatic N) is 3. The van der Waals surface area contributed by atoms with E-state index in [2.05, 4.69) is 144 Å². The van der Waals surface area contributed by atoms with Crippen LogP contribution < -0.4 is 38.8 Å². The number of rotatable bonds is 39. The third-order valence-corrected chi connectivity index (χ3v) is 17.3. The lowest BCUT2D eigenvalue weighted by molar-refractivity contribution is 0.447. The first kappa shape index (κ1) is 88.4. The van der Waals surface area contributed by atoms with Crippen LogP contribution >= 0.6 is 24.0 Å². The highest BCUT2D eigenvalue weighted by Gasteiger charge is 2.05. The average Bonchev–Trinajstić information content (AvgIpc) is 0.935. The van der Waals surface area contributed by atoms with Crippen LogP contribution in [0.1, 0.15) is 247 Å². The summed E-state index contributed by atoms with van der Waals surface area (Å²) in [6.45, 7) is 13.6. The molecule has 103 heavy (non-hydrogen) atoms. The molecule has 5 heterocycles. The molecule has 0 aliphatic heterocycles. The van der Waals surface area contributed by atoms with Gasteiger partial charge >= 0.3 is 5.69 Å². The third-order valence-electron chi connectivity index (χ3n) is 16.1. The Morgan fingerprint density at radius 2 is 0.932 bits per heavy atom. The lowest BCUT2D eigenvalue weighted by atomic mass is 10.1. The number of thioether (sulfide) groups is 1. The SMILES string of the molecule is CCCCCCC/C=C/c1cc(O)cc(O)c1.CCCCCCCCNc1nc(O)cc(=O)[nH]1.CCCCCCCCc1cc(=O)[nH]c(=O)[nH]1.CCCCCCCCc1cc(=O)[nH]c(=S)[nH]1.CCc1ccc(CCc2nc(O)cc(=O)[nH]2)cc1.Cc1cc(=O)[nH]c(SCCCCc2ccccc2)n1. The number of aromatic hydroxyl groups is 4. The van der Waals surface area contributed by atoms with E-state index in [-0.39, 0.29) is 51.1 Å². The summed E-state index contributed by atoms with van der Waals surface area (Å²) in [5.74, 6) is 1.57. The van der Waals surface area contributed by atoms with Crippen molar-refractivity contribution in [3.63, 3.8) is 0 Å². The summed E-state index contributed by atoms with van der Waals surface area (Å²) in [5, 5.41) is 40.7. The van der Waals surface area contributed by atoms with Crippen LogP contribution in [0.2, 0.25) is 0 Å². The molecule has 5 aromatic heterocycles. The molecule has 8 aromatic rings. The van der Waals surface area contributed by atoms with Crippen LogP contribution in [0.5, 0.6) is 23.3 Å². The first-order chi connectivity index (χ1) is 49.8. The molecule has 0 aliphatic rings. The van der Waals surface area contributed by atoms with Gasteiger partial charge in [0.2, 0.25) is 17.7 Å². The number of hydrogen-bond acceptors (Lipinski definition) is 16. The summed E-state index contributed by atoms with van der Waals surface area (Å²) in [7, 11) is 0. The Kier molecular flexibility index (Phi) is 47.8. The Bertz CT molecular complexity index is 3860. The standard InChI is InChI=1S/C15H18N2OS.C15H22O2.C14H16N2O2.C12H21N3O2.C12H20N2O2.C12H20N2OS/c1-12-11-14(18)17-15(16-12)19-10-6-5-9-13-7-3-2-4-8-13;1-2-3-4-5-6-7-8-9-13-10-14(16)12-15(17)11-13;1-2-10-3-5-11(6-4-10)7-8-12-15-13(17)9-14(18)16-12;1-2-3-4-5-6-7-8-13-12-14-10(16)9-11(17)15-12;2*1-2-3-4-5-6-7-8-10-9-11(15)14-12(16)13-10/h2-4,7-8,11H,5-6,9-10H2,1H3,(H,16,17,18);8-12,16-17H,2-7H2,1H3;3-6,9H,2,7-8H2,1H3,(H2,15,16,17,18);9H,2-8H2,1H3,(H3,13,14,15,16,17);2*9H,2-8H2,1H3,(H2,13,14,15,16)/b;9-8+;;;;. The first-order valence-corrected chi connectivity index (χ1v) is 38.7. The zero-order chi connectivity index (χ0) is 75.1. The van der Waals surface area contributed by atoms with Gasteiger partial charge in [0.05, 0.1) is 12.1 Å². The van der Waals surface area contributed by atoms with Crippen LogP contribution in [-0.4, -0.2) is 82.6 Å². The van der Waals surface area contributed by atoms with Crippen molar-refractivity contribution in [1.29, 1.82) is 0 Å². The molecular formula is C80H117N11O10S2. The molecule has 0 spiro atoms. The Hall–Kier alpha value is -8.83. The predicted octanol–water partition coefficient (Wildman–Crippen LogP) is 17.0. The van der Waals surface area contributed by atoms with Crippen LogP contribution in [-0.2, 0) is 38.5 Å². The van der Waals surface area contributed by atoms with E-state index in [0.29, 0.717) is 23.0 Å². The lowest BCUT2D eigenvalue weighted by Gasteiger charge is -2.05. The minimum atomic E-state index is -0.409. The second kappa shape index (κ2) is 55.7. The maximum Gasteiger partial charge on any atom is 0.325 e. The minimum Gasteiger partial charge on any atom is -0.508 e. The van der Waals surface area contributed by atoms with Crippen LogP contribution in [0.3, 0.4) is 0 Å². The summed E-state index contributed by atoms with van der Waals surface area (Å²) in [6, 6.07) is 30.2. The van der Waals surface area contributed by atoms with Gasteiger partial charge in [0, 0.05) is 60.1 Å². The van der Waals surface area contributed by atoms with Crippen LogP contribution in [0.25, 0.3) is 6.08 Å². The molecule has 0 unspecified atom stereocenters. The number of aryl methyl sites for hydroxylation is 7. The number of H-pyrrole nitrogens is 7. The molecule has 8 rings (SSSR count). The van der Waals surface area contributed by atoms with Crippen LogP contribution in [0, 0.1) is 11.7 Å². The number of unbranched alkanes of at least 4 members (excludes halogenated alkanes) is 21. The number of benzene rings is 3. The van der Waals surface area contributed by atoms with E-state index in [4.69, 9.17) is 17.3 Å². The van der Waals surface area contributed by atoms with Gasteiger partial charge in [-0.1, -0.05) is 235 Å². The fourth-order valence-corrected chi connectivity index (χ4v) is 11.8. The third kappa shape index (κ3) is 45.7. The Morgan fingerprint density at radius 3 is 1.49 bits per heavy atom. The van der Waals surface area contributed by atoms with E-state index in [1.807, 2.05) is 19.1 Å². The highest BCUT2D eigenvalue weighted by Crippen LogP contribution is 2.22. The maximum absolute atomic E-state index is 11.3. The van der Waals surface area contributed by atoms with Crippen molar-refractivity contribution in [3.8, 4) is 23.3 Å². The molecule has 23 heteroatoms. The van der Waals surface area contributed by atoms with Crippen molar-refractivity contribution < 1.29 is 20.4 Å². The van der Waals surface area contributed by atoms with Crippen molar-refractivity contribution in [2.75, 3.05) is 17.6 Å². The number of phenolic OH excluding ortho intramolecular Hbond substituents is 2. The van der Waals surface area contributed by atoms with Gasteiger partial charge in [-0.2, -0.15) is 4.98 Å². The number of nitrogens with one attached hydrogen (secondary N) is 8. The average molecular weight is 1460 g/mol. The van der Waals surface area contributed by atoms with Gasteiger partial charge in [-0.05, 0) is 131 Å². The summed E-state index contributed by atoms with van der Waals surface area (Å²) < 4.78 is 0.425. The van der Waals surface area contributed by atoms with E-state index >= 15 is 0 Å². The lowest BCUT2D eigenvalue weighted by Crippen LogP contribution is -2.22. The van der Waals surface area contributed by atoms with Gasteiger partial charge in [-0.15, -0.1) is 0 Å². The molecule has 3 aromatic carbocycles. The molecule has 0 saturated carbocycles. The van der Waals surface area contributed by atoms with Crippen molar-refractivity contribution in [2.24, 2.45) is 0 Å². The molecule has 0 aliphatic carbocycles. The molecular weight excluding hydrogens is 1340 g/mol. The number of aromatic amines is 7. The van der Waals surface area contributed by atoms with Gasteiger partial charge in [0.15, 0.2) is 9.93 Å². The Labute approximate surface area is 617 Å². The molecule has 21 nitrogen and oxygen atoms in total. The first-order valence-electron chi connectivity index (χ1n) is 37.3. The molecule has 0 atom stereocenters. The van der Waals surface area contributed by atoms with Crippen molar-refractivity contribution in [2.45, 2.75) is 252 Å². The fourth-order valence-electron chi connectivity index (χ4n) is 10.6. The highest BCUT2D eigenvalue weighted by atomic mass is 32.2. The van der Waals surface area contributed by atoms with Crippen molar-refractivity contribution in [3.05, 3.63) is 221 Å². The molecule has 0 saturated heterocycles. The normalized spacial score (nSPS) is 10.6. The summed E-state index contributed by atoms with van der Waals surface area (Å²) in [4.78, 5) is 96.8. The molecule has 564 valence electrons. The number of aromatic nitrogens is 10. The number of phenols is 2. The van der Waals surface area contributed by atoms with Gasteiger partial charge in [-0.3, -0.25) is 38.9 Å². The largest absolute Gasteiger partial charge is 0.508 e. The molecule has 0 fully saturated rings. The van der Waals surface area contributed by atoms with Gasteiger partial charge < -0.3 is 45.7 Å². The maximum atomic E-state index is 11.3. The van der Waals surface area contributed by atoms with Crippen LogP contribution in [0.15, 0.2) is 143 Å². The van der Waals surface area contributed by atoms with E-state index in [9.17, 15) is 44.1 Å². The van der Waals surface area contributed by atoms with Gasteiger partial charge in [0.25, 0.3) is 27.8 Å². The predicted molar refractivity (Wildman–Crippen MR) is 424 cm³/mol. The number of hydrogen-bond donors (Lipinski definition) is 12. The van der Waals surface area contributed by atoms with Gasteiger partial charge in [0.1, 0.15) is 17.3 Å². The van der Waals surface area contributed by atoms with E-state index in [1.165, 1.54) is 157 Å². The smallest absolute Gasteiger partial charge is 0.325 e. The summed E-state index contributed by atoms with van der Waals surface area (Å²) >= 11 is 6.53. The van der Waals surface area contributed by atoms with Crippen molar-refractivity contribution >= 4 is 36.0 Å². The Morgan fingerprint density at radius 1 is 0.437 bits per heavy atom. The Balaban J connectivity index is 0.000000322. The quantitative estimate of drug-likeness (QED) is 0.00737. The number of anilines is 1. The molecule has 0 amide bonds. The summed E-state index contributed by atoms with van der Waals surface area (Å²) in [5.41, 5.74) is 5.62. The second-order valence-electron chi connectivity index (χ2n) is 25.5. The topological polar surface area (TPSA) is 345 Å². The summed E-state index contributed by atoms with van der Waals surface area (Å²) in [6.07, 6.45) is 41.2. The molecule has 12 N–H and O–H groups in total. The van der Waals surface area contributed by atoms with Gasteiger partial charge in [-0.25, -0.2) is 14.8 Å². The zero-order valence-corrected chi connectivity index (χ0v) is 63.5. The highest BCUT2D eigenvalue weighted by molar-refractivity contribution is 7.99. The van der Waals surface area contributed by atoms with E-state index < -0.39 is 5.69 Å². The van der Waals surface area contributed by atoms with Crippen molar-refractivity contribution in [1.82, 2.24) is 49.8 Å². The van der Waals surface area contributed by atoms with Crippen LogP contribution in [0.4, 0.5) is 5.95 Å². The monoisotopic (exact) mass is 1460 g/mol. The second-order valence-corrected chi connectivity index (χ2v) is 27.0.